The maximum atomic E-state index is 11.4. The summed E-state index contributed by atoms with van der Waals surface area (Å²) >= 11 is 0. The van der Waals surface area contributed by atoms with Crippen LogP contribution in [0.4, 0.5) is 11.8 Å². The predicted molar refractivity (Wildman–Crippen MR) is 70.7 cm³/mol. The lowest BCUT2D eigenvalue weighted by Gasteiger charge is -2.29. The van der Waals surface area contributed by atoms with Gasteiger partial charge in [-0.05, 0) is 6.42 Å². The monoisotopic (exact) mass is 249 g/mol. The van der Waals surface area contributed by atoms with Gasteiger partial charge in [0.1, 0.15) is 5.82 Å². The first-order chi connectivity index (χ1) is 8.52. The van der Waals surface area contributed by atoms with Gasteiger partial charge in [-0.1, -0.05) is 0 Å². The van der Waals surface area contributed by atoms with Crippen LogP contribution >= 0.6 is 0 Å². The number of carbonyl (C=O) groups is 1. The summed E-state index contributed by atoms with van der Waals surface area (Å²) in [5, 5.41) is 3.11. The number of hydrogen-bond donors (Lipinski definition) is 1. The zero-order valence-electron chi connectivity index (χ0n) is 11.3. The highest BCUT2D eigenvalue weighted by Gasteiger charge is 2.23. The molecule has 0 fully saturated rings. The largest absolute Gasteiger partial charge is 0.373 e. The van der Waals surface area contributed by atoms with Gasteiger partial charge in [-0.25, -0.2) is 4.98 Å². The topological polar surface area (TPSA) is 61.4 Å². The number of fused-ring (bicyclic) bond motifs is 1. The third-order valence-corrected chi connectivity index (χ3v) is 3.14. The first kappa shape index (κ1) is 12.6. The summed E-state index contributed by atoms with van der Waals surface area (Å²) in [6, 6.07) is 0. The zero-order valence-corrected chi connectivity index (χ0v) is 11.3. The maximum Gasteiger partial charge on any atom is 0.227 e. The standard InChI is InChI=1S/C12H19N5O/c1-8(18)17-6-5-9-10(7-17)14-12(16(3)4)15-11(9)13-2/h5-7H2,1-4H3,(H,13,14,15). The molecule has 98 valence electrons. The molecule has 0 atom stereocenters. The maximum absolute atomic E-state index is 11.4. The third kappa shape index (κ3) is 2.23. The van der Waals surface area contributed by atoms with Gasteiger partial charge >= 0.3 is 0 Å². The number of amides is 1. The highest BCUT2D eigenvalue weighted by molar-refractivity contribution is 5.73. The summed E-state index contributed by atoms with van der Waals surface area (Å²) in [5.41, 5.74) is 2.07. The highest BCUT2D eigenvalue weighted by atomic mass is 16.2. The fraction of sp³-hybridized carbons (Fsp3) is 0.583. The van der Waals surface area contributed by atoms with E-state index in [9.17, 15) is 4.79 Å². The van der Waals surface area contributed by atoms with Crippen molar-refractivity contribution in [2.24, 2.45) is 0 Å². The van der Waals surface area contributed by atoms with Crippen LogP contribution in [0.5, 0.6) is 0 Å². The van der Waals surface area contributed by atoms with Crippen LogP contribution in [0.15, 0.2) is 0 Å². The second-order valence-electron chi connectivity index (χ2n) is 4.63. The van der Waals surface area contributed by atoms with Gasteiger partial charge in [0.05, 0.1) is 12.2 Å². The molecular weight excluding hydrogens is 230 g/mol. The van der Waals surface area contributed by atoms with Crippen LogP contribution in [-0.2, 0) is 17.8 Å². The lowest BCUT2D eigenvalue weighted by atomic mass is 10.1. The van der Waals surface area contributed by atoms with Crippen LogP contribution in [0.2, 0.25) is 0 Å². The van der Waals surface area contributed by atoms with Crippen molar-refractivity contribution in [3.63, 3.8) is 0 Å². The predicted octanol–water partition coefficient (Wildman–Crippen LogP) is 0.489. The second-order valence-corrected chi connectivity index (χ2v) is 4.63. The van der Waals surface area contributed by atoms with Gasteiger partial charge < -0.3 is 15.1 Å². The molecule has 0 saturated heterocycles. The lowest BCUT2D eigenvalue weighted by molar-refractivity contribution is -0.129. The molecule has 0 spiro atoms. The van der Waals surface area contributed by atoms with Crippen molar-refractivity contribution in [3.05, 3.63) is 11.3 Å². The summed E-state index contributed by atoms with van der Waals surface area (Å²) in [4.78, 5) is 24.1. The third-order valence-electron chi connectivity index (χ3n) is 3.14. The van der Waals surface area contributed by atoms with E-state index in [0.717, 1.165) is 30.0 Å². The second kappa shape index (κ2) is 4.80. The first-order valence-corrected chi connectivity index (χ1v) is 6.03. The fourth-order valence-electron chi connectivity index (χ4n) is 2.09. The number of carbonyl (C=O) groups excluding carboxylic acids is 1. The van der Waals surface area contributed by atoms with Crippen LogP contribution in [0.3, 0.4) is 0 Å². The Morgan fingerprint density at radius 3 is 2.67 bits per heavy atom. The Kier molecular flexibility index (Phi) is 3.36. The van der Waals surface area contributed by atoms with Gasteiger partial charge in [-0.15, -0.1) is 0 Å². The molecule has 1 aromatic heterocycles. The van der Waals surface area contributed by atoms with E-state index in [2.05, 4.69) is 15.3 Å². The van der Waals surface area contributed by atoms with Crippen molar-refractivity contribution < 1.29 is 4.79 Å². The molecule has 1 aliphatic rings. The smallest absolute Gasteiger partial charge is 0.227 e. The van der Waals surface area contributed by atoms with Gasteiger partial charge in [0.25, 0.3) is 0 Å². The number of nitrogens with one attached hydrogen (secondary N) is 1. The van der Waals surface area contributed by atoms with Crippen molar-refractivity contribution in [2.45, 2.75) is 19.9 Å². The number of rotatable bonds is 2. The van der Waals surface area contributed by atoms with Crippen molar-refractivity contribution in [1.82, 2.24) is 14.9 Å². The van der Waals surface area contributed by atoms with Crippen molar-refractivity contribution in [1.29, 1.82) is 0 Å². The molecule has 0 radical (unpaired) electrons. The average Bonchev–Trinajstić information content (AvgIpc) is 2.36. The highest BCUT2D eigenvalue weighted by Crippen LogP contribution is 2.25. The van der Waals surface area contributed by atoms with Crippen LogP contribution in [0, 0.1) is 0 Å². The molecule has 0 aliphatic carbocycles. The van der Waals surface area contributed by atoms with E-state index >= 15 is 0 Å². The van der Waals surface area contributed by atoms with E-state index in [-0.39, 0.29) is 5.91 Å². The minimum absolute atomic E-state index is 0.0941. The molecule has 0 aromatic carbocycles. The Hall–Kier alpha value is -1.85. The van der Waals surface area contributed by atoms with Crippen LogP contribution in [0.1, 0.15) is 18.2 Å². The molecule has 0 unspecified atom stereocenters. The van der Waals surface area contributed by atoms with E-state index in [1.807, 2.05) is 30.9 Å². The molecule has 1 N–H and O–H groups in total. The van der Waals surface area contributed by atoms with Gasteiger partial charge in [0.15, 0.2) is 0 Å². The Labute approximate surface area is 107 Å². The van der Waals surface area contributed by atoms with Gasteiger partial charge in [-0.3, -0.25) is 4.79 Å². The Morgan fingerprint density at radius 2 is 2.11 bits per heavy atom. The van der Waals surface area contributed by atoms with E-state index in [1.54, 1.807) is 6.92 Å². The van der Waals surface area contributed by atoms with Gasteiger partial charge in [0, 0.05) is 40.2 Å². The van der Waals surface area contributed by atoms with Crippen LogP contribution in [0.25, 0.3) is 0 Å². The van der Waals surface area contributed by atoms with Crippen LogP contribution < -0.4 is 10.2 Å². The molecule has 6 heteroatoms. The molecule has 1 amide bonds. The average molecular weight is 249 g/mol. The lowest BCUT2D eigenvalue weighted by Crippen LogP contribution is -2.35. The van der Waals surface area contributed by atoms with E-state index in [0.29, 0.717) is 12.5 Å². The molecule has 0 bridgehead atoms. The summed E-state index contributed by atoms with van der Waals surface area (Å²) in [7, 11) is 5.68. The summed E-state index contributed by atoms with van der Waals surface area (Å²) in [6.45, 7) is 2.91. The molecule has 0 saturated carbocycles. The van der Waals surface area contributed by atoms with Crippen LogP contribution in [-0.4, -0.2) is 48.5 Å². The Balaban J connectivity index is 2.42. The molecule has 1 aromatic rings. The normalized spacial score (nSPS) is 14.1. The summed E-state index contributed by atoms with van der Waals surface area (Å²) in [6.07, 6.45) is 0.804. The van der Waals surface area contributed by atoms with E-state index in [1.165, 1.54) is 0 Å². The quantitative estimate of drug-likeness (QED) is 0.826. The first-order valence-electron chi connectivity index (χ1n) is 6.03. The number of hydrogen-bond acceptors (Lipinski definition) is 5. The summed E-state index contributed by atoms with van der Waals surface area (Å²) in [5.74, 6) is 1.63. The van der Waals surface area contributed by atoms with Crippen molar-refractivity contribution in [3.8, 4) is 0 Å². The van der Waals surface area contributed by atoms with Crippen molar-refractivity contribution in [2.75, 3.05) is 37.9 Å². The van der Waals surface area contributed by atoms with E-state index in [4.69, 9.17) is 0 Å². The summed E-state index contributed by atoms with van der Waals surface area (Å²) < 4.78 is 0. The Bertz CT molecular complexity index is 472. The molecule has 2 rings (SSSR count). The Morgan fingerprint density at radius 1 is 1.39 bits per heavy atom. The number of anilines is 2. The number of nitrogens with zero attached hydrogens (tertiary/aromatic N) is 4. The van der Waals surface area contributed by atoms with Gasteiger partial charge in [0.2, 0.25) is 11.9 Å². The fourth-order valence-corrected chi connectivity index (χ4v) is 2.09. The minimum atomic E-state index is 0.0941. The van der Waals surface area contributed by atoms with Crippen molar-refractivity contribution >= 4 is 17.7 Å². The number of aromatic nitrogens is 2. The van der Waals surface area contributed by atoms with E-state index < -0.39 is 0 Å². The van der Waals surface area contributed by atoms with Gasteiger partial charge in [-0.2, -0.15) is 4.98 Å². The zero-order chi connectivity index (χ0) is 13.3. The molecule has 18 heavy (non-hydrogen) atoms. The SMILES string of the molecule is CNc1nc(N(C)C)nc2c1CCN(C(C)=O)C2. The molecule has 6 nitrogen and oxygen atoms in total. The molecule has 2 heterocycles. The molecular formula is C12H19N5O. The minimum Gasteiger partial charge on any atom is -0.373 e. The molecule has 1 aliphatic heterocycles.